The van der Waals surface area contributed by atoms with E-state index in [1.54, 1.807) is 26.3 Å². The first-order chi connectivity index (χ1) is 14.4. The van der Waals surface area contributed by atoms with Crippen LogP contribution in [0.3, 0.4) is 0 Å². The van der Waals surface area contributed by atoms with Crippen molar-refractivity contribution in [2.45, 2.75) is 26.2 Å². The minimum atomic E-state index is -2.93. The van der Waals surface area contributed by atoms with Crippen LogP contribution < -0.4 is 29.6 Å². The van der Waals surface area contributed by atoms with E-state index in [0.717, 1.165) is 11.3 Å². The summed E-state index contributed by atoms with van der Waals surface area (Å²) in [5, 5.41) is 6.29. The van der Waals surface area contributed by atoms with Crippen LogP contribution in [0.15, 0.2) is 47.5 Å². The lowest BCUT2D eigenvalue weighted by Gasteiger charge is -2.18. The zero-order valence-corrected chi connectivity index (χ0v) is 17.4. The smallest absolute Gasteiger partial charge is 0.387 e. The summed E-state index contributed by atoms with van der Waals surface area (Å²) in [6, 6.07) is 12.2. The Hall–Kier alpha value is -3.23. The van der Waals surface area contributed by atoms with Crippen LogP contribution in [-0.4, -0.2) is 46.5 Å². The van der Waals surface area contributed by atoms with Crippen molar-refractivity contribution in [3.8, 4) is 23.0 Å². The van der Waals surface area contributed by atoms with Crippen LogP contribution in [0, 0.1) is 0 Å². The second kappa shape index (κ2) is 11.7. The maximum absolute atomic E-state index is 12.6. The fourth-order valence-corrected chi connectivity index (χ4v) is 2.61. The highest BCUT2D eigenvalue weighted by atomic mass is 19.3. The van der Waals surface area contributed by atoms with Gasteiger partial charge >= 0.3 is 6.61 Å². The van der Waals surface area contributed by atoms with Crippen LogP contribution in [-0.2, 0) is 6.54 Å². The first-order valence-corrected chi connectivity index (χ1v) is 9.32. The van der Waals surface area contributed by atoms with Crippen molar-refractivity contribution < 1.29 is 27.7 Å². The standard InChI is InChI=1S/C21H27F2N3O4/c1-14(29-17-7-5-6-16(11-17)27-3)12-25-21(24-2)26-13-15-8-9-18(28-4)19(10-15)30-20(22)23/h5-11,14,20H,12-13H2,1-4H3,(H2,24,25,26). The predicted octanol–water partition coefficient (Wildman–Crippen LogP) is 3.44. The number of halogens is 2. The largest absolute Gasteiger partial charge is 0.497 e. The van der Waals surface area contributed by atoms with Gasteiger partial charge in [-0.05, 0) is 36.8 Å². The second-order valence-electron chi connectivity index (χ2n) is 6.28. The van der Waals surface area contributed by atoms with Crippen molar-refractivity contribution in [3.05, 3.63) is 48.0 Å². The summed E-state index contributed by atoms with van der Waals surface area (Å²) < 4.78 is 45.7. The van der Waals surface area contributed by atoms with Gasteiger partial charge in [0, 0.05) is 19.7 Å². The molecule has 9 heteroatoms. The van der Waals surface area contributed by atoms with E-state index in [9.17, 15) is 8.78 Å². The number of benzene rings is 2. The van der Waals surface area contributed by atoms with Gasteiger partial charge in [-0.1, -0.05) is 12.1 Å². The normalized spacial score (nSPS) is 12.3. The van der Waals surface area contributed by atoms with Gasteiger partial charge in [0.05, 0.1) is 20.8 Å². The molecule has 2 rings (SSSR count). The van der Waals surface area contributed by atoms with Crippen molar-refractivity contribution in [1.82, 2.24) is 10.6 Å². The zero-order valence-electron chi connectivity index (χ0n) is 17.4. The van der Waals surface area contributed by atoms with Gasteiger partial charge in [0.1, 0.15) is 17.6 Å². The van der Waals surface area contributed by atoms with Crippen LogP contribution in [0.4, 0.5) is 8.78 Å². The van der Waals surface area contributed by atoms with E-state index in [2.05, 4.69) is 20.4 Å². The monoisotopic (exact) mass is 423 g/mol. The average Bonchev–Trinajstić information content (AvgIpc) is 2.73. The van der Waals surface area contributed by atoms with E-state index in [4.69, 9.17) is 14.2 Å². The highest BCUT2D eigenvalue weighted by Crippen LogP contribution is 2.29. The SMILES string of the molecule is CN=C(NCc1ccc(OC)c(OC(F)F)c1)NCC(C)Oc1cccc(OC)c1. The summed E-state index contributed by atoms with van der Waals surface area (Å²) in [6.07, 6.45) is -0.136. The fraction of sp³-hybridized carbons (Fsp3) is 0.381. The van der Waals surface area contributed by atoms with Gasteiger partial charge in [-0.15, -0.1) is 0 Å². The van der Waals surface area contributed by atoms with Crippen LogP contribution >= 0.6 is 0 Å². The Balaban J connectivity index is 1.87. The van der Waals surface area contributed by atoms with Gasteiger partial charge in [0.15, 0.2) is 17.5 Å². The van der Waals surface area contributed by atoms with E-state index < -0.39 is 6.61 Å². The molecule has 0 aromatic heterocycles. The number of nitrogens with one attached hydrogen (secondary N) is 2. The van der Waals surface area contributed by atoms with Crippen molar-refractivity contribution in [3.63, 3.8) is 0 Å². The third kappa shape index (κ3) is 7.31. The zero-order chi connectivity index (χ0) is 21.9. The summed E-state index contributed by atoms with van der Waals surface area (Å²) in [6.45, 7) is -0.146. The summed E-state index contributed by atoms with van der Waals surface area (Å²) >= 11 is 0. The highest BCUT2D eigenvalue weighted by Gasteiger charge is 2.12. The Bertz CT molecular complexity index is 834. The number of guanidine groups is 1. The predicted molar refractivity (Wildman–Crippen MR) is 111 cm³/mol. The molecule has 30 heavy (non-hydrogen) atoms. The summed E-state index contributed by atoms with van der Waals surface area (Å²) in [5.41, 5.74) is 0.732. The van der Waals surface area contributed by atoms with Crippen LogP contribution in [0.2, 0.25) is 0 Å². The molecule has 0 bridgehead atoms. The quantitative estimate of drug-likeness (QED) is 0.451. The molecule has 0 aliphatic heterocycles. The summed E-state index contributed by atoms with van der Waals surface area (Å²) in [4.78, 5) is 4.16. The Labute approximate surface area is 175 Å². The molecule has 0 aliphatic carbocycles. The van der Waals surface area contributed by atoms with Gasteiger partial charge in [0.2, 0.25) is 0 Å². The first kappa shape index (κ1) is 23.1. The number of ether oxygens (including phenoxy) is 4. The Kier molecular flexibility index (Phi) is 8.99. The van der Waals surface area contributed by atoms with Gasteiger partial charge in [-0.3, -0.25) is 4.99 Å². The Morgan fingerprint density at radius 1 is 0.967 bits per heavy atom. The molecule has 2 aromatic rings. The minimum Gasteiger partial charge on any atom is -0.497 e. The van der Waals surface area contributed by atoms with E-state index in [1.165, 1.54) is 13.2 Å². The summed E-state index contributed by atoms with van der Waals surface area (Å²) in [7, 11) is 4.64. The number of aliphatic imine (C=N–C) groups is 1. The maximum Gasteiger partial charge on any atom is 0.387 e. The van der Waals surface area contributed by atoms with Crippen molar-refractivity contribution >= 4 is 5.96 Å². The molecule has 0 aliphatic rings. The number of hydrogen-bond acceptors (Lipinski definition) is 5. The van der Waals surface area contributed by atoms with Crippen LogP contribution in [0.1, 0.15) is 12.5 Å². The van der Waals surface area contributed by atoms with E-state index in [1.807, 2.05) is 31.2 Å². The van der Waals surface area contributed by atoms with Crippen molar-refractivity contribution in [2.75, 3.05) is 27.8 Å². The number of hydrogen-bond donors (Lipinski definition) is 2. The third-order valence-electron chi connectivity index (χ3n) is 4.06. The molecule has 7 nitrogen and oxygen atoms in total. The van der Waals surface area contributed by atoms with E-state index >= 15 is 0 Å². The number of methoxy groups -OCH3 is 2. The molecular formula is C21H27F2N3O4. The first-order valence-electron chi connectivity index (χ1n) is 9.32. The average molecular weight is 423 g/mol. The number of nitrogens with zero attached hydrogens (tertiary/aromatic N) is 1. The molecule has 0 radical (unpaired) electrons. The number of alkyl halides is 2. The maximum atomic E-state index is 12.6. The molecule has 2 N–H and O–H groups in total. The lowest BCUT2D eigenvalue weighted by atomic mass is 10.2. The molecule has 2 aromatic carbocycles. The fourth-order valence-electron chi connectivity index (χ4n) is 2.61. The molecule has 0 spiro atoms. The van der Waals surface area contributed by atoms with Crippen LogP contribution in [0.5, 0.6) is 23.0 Å². The minimum absolute atomic E-state index is 0.0185. The molecule has 0 saturated heterocycles. The van der Waals surface area contributed by atoms with Crippen molar-refractivity contribution in [1.29, 1.82) is 0 Å². The summed E-state index contributed by atoms with van der Waals surface area (Å²) in [5.74, 6) is 2.19. The van der Waals surface area contributed by atoms with Gasteiger partial charge in [0.25, 0.3) is 0 Å². The van der Waals surface area contributed by atoms with E-state index in [0.29, 0.717) is 24.8 Å². The molecular weight excluding hydrogens is 396 g/mol. The Morgan fingerprint density at radius 2 is 1.73 bits per heavy atom. The molecule has 0 saturated carbocycles. The molecule has 164 valence electrons. The molecule has 1 unspecified atom stereocenters. The van der Waals surface area contributed by atoms with Crippen molar-refractivity contribution in [2.24, 2.45) is 4.99 Å². The Morgan fingerprint density at radius 3 is 2.40 bits per heavy atom. The van der Waals surface area contributed by atoms with Gasteiger partial charge in [-0.25, -0.2) is 0 Å². The lowest BCUT2D eigenvalue weighted by Crippen LogP contribution is -2.41. The molecule has 1 atom stereocenters. The van der Waals surface area contributed by atoms with E-state index in [-0.39, 0.29) is 17.6 Å². The number of rotatable bonds is 10. The molecule has 0 heterocycles. The van der Waals surface area contributed by atoms with Crippen LogP contribution in [0.25, 0.3) is 0 Å². The third-order valence-corrected chi connectivity index (χ3v) is 4.06. The van der Waals surface area contributed by atoms with Gasteiger partial charge < -0.3 is 29.6 Å². The molecule has 0 fully saturated rings. The highest BCUT2D eigenvalue weighted by molar-refractivity contribution is 5.79. The topological polar surface area (TPSA) is 73.3 Å². The molecule has 0 amide bonds. The second-order valence-corrected chi connectivity index (χ2v) is 6.28. The van der Waals surface area contributed by atoms with Gasteiger partial charge in [-0.2, -0.15) is 8.78 Å². The lowest BCUT2D eigenvalue weighted by molar-refractivity contribution is -0.0512.